The van der Waals surface area contributed by atoms with Crippen molar-refractivity contribution >= 4 is 23.4 Å². The number of hydrogen-bond donors (Lipinski definition) is 1. The molecule has 1 N–H and O–H groups in total. The molecule has 0 aromatic heterocycles. The Morgan fingerprint density at radius 3 is 2.88 bits per heavy atom. The van der Waals surface area contributed by atoms with E-state index in [1.54, 1.807) is 0 Å². The van der Waals surface area contributed by atoms with Crippen LogP contribution < -0.4 is 5.32 Å². The third-order valence-corrected chi connectivity index (χ3v) is 4.89. The average Bonchev–Trinajstić information content (AvgIpc) is 2.27. The number of rotatable bonds is 6. The minimum atomic E-state index is 0.629. The molecule has 1 aromatic rings. The van der Waals surface area contributed by atoms with Gasteiger partial charge in [-0.2, -0.15) is 0 Å². The van der Waals surface area contributed by atoms with Crippen molar-refractivity contribution in [3.8, 4) is 0 Å². The number of benzene rings is 1. The van der Waals surface area contributed by atoms with Crippen molar-refractivity contribution in [2.75, 3.05) is 12.8 Å². The SMILES string of the molecule is CNC(CSc1cccc(Cl)c1)CC1CCC1. The van der Waals surface area contributed by atoms with Gasteiger partial charge in [-0.05, 0) is 37.6 Å². The predicted octanol–water partition coefficient (Wildman–Crippen LogP) is 4.21. The molecule has 0 spiro atoms. The van der Waals surface area contributed by atoms with E-state index in [0.717, 1.165) is 16.7 Å². The van der Waals surface area contributed by atoms with E-state index in [1.807, 2.05) is 30.0 Å². The third kappa shape index (κ3) is 4.20. The van der Waals surface area contributed by atoms with Crippen LogP contribution in [0.1, 0.15) is 25.7 Å². The fraction of sp³-hybridized carbons (Fsp3) is 0.571. The van der Waals surface area contributed by atoms with E-state index in [4.69, 9.17) is 11.6 Å². The van der Waals surface area contributed by atoms with Crippen LogP contribution in [0.5, 0.6) is 0 Å². The lowest BCUT2D eigenvalue weighted by Crippen LogP contribution is -2.32. The first-order valence-corrected chi connectivity index (χ1v) is 7.70. The van der Waals surface area contributed by atoms with E-state index in [-0.39, 0.29) is 0 Å². The molecule has 1 atom stereocenters. The Morgan fingerprint density at radius 1 is 1.47 bits per heavy atom. The van der Waals surface area contributed by atoms with Gasteiger partial charge in [0.05, 0.1) is 0 Å². The highest BCUT2D eigenvalue weighted by molar-refractivity contribution is 7.99. The van der Waals surface area contributed by atoms with Gasteiger partial charge in [0.15, 0.2) is 0 Å². The lowest BCUT2D eigenvalue weighted by Gasteiger charge is -2.29. The lowest BCUT2D eigenvalue weighted by molar-refractivity contribution is 0.272. The van der Waals surface area contributed by atoms with E-state index in [1.165, 1.54) is 30.6 Å². The van der Waals surface area contributed by atoms with Gasteiger partial charge < -0.3 is 5.32 Å². The zero-order valence-electron chi connectivity index (χ0n) is 10.3. The molecule has 1 saturated carbocycles. The minimum Gasteiger partial charge on any atom is -0.316 e. The van der Waals surface area contributed by atoms with Crippen molar-refractivity contribution < 1.29 is 0 Å². The summed E-state index contributed by atoms with van der Waals surface area (Å²) in [7, 11) is 2.07. The highest BCUT2D eigenvalue weighted by Gasteiger charge is 2.21. The maximum absolute atomic E-state index is 5.98. The molecule has 2 rings (SSSR count). The normalized spacial score (nSPS) is 17.8. The molecule has 1 aromatic carbocycles. The van der Waals surface area contributed by atoms with Crippen LogP contribution in [-0.2, 0) is 0 Å². The Labute approximate surface area is 113 Å². The largest absolute Gasteiger partial charge is 0.316 e. The quantitative estimate of drug-likeness (QED) is 0.777. The molecular weight excluding hydrogens is 250 g/mol. The molecule has 0 radical (unpaired) electrons. The zero-order valence-corrected chi connectivity index (χ0v) is 11.9. The smallest absolute Gasteiger partial charge is 0.0417 e. The van der Waals surface area contributed by atoms with Crippen molar-refractivity contribution in [2.45, 2.75) is 36.6 Å². The maximum atomic E-state index is 5.98. The maximum Gasteiger partial charge on any atom is 0.0417 e. The number of halogens is 1. The number of nitrogens with one attached hydrogen (secondary N) is 1. The fourth-order valence-corrected chi connectivity index (χ4v) is 3.49. The summed E-state index contributed by atoms with van der Waals surface area (Å²) in [6.07, 6.45) is 5.62. The van der Waals surface area contributed by atoms with Crippen LogP contribution in [0.3, 0.4) is 0 Å². The fourth-order valence-electron chi connectivity index (χ4n) is 2.15. The summed E-state index contributed by atoms with van der Waals surface area (Å²) in [5.74, 6) is 2.10. The monoisotopic (exact) mass is 269 g/mol. The van der Waals surface area contributed by atoms with Gasteiger partial charge in [-0.25, -0.2) is 0 Å². The molecule has 1 fully saturated rings. The molecule has 0 amide bonds. The van der Waals surface area contributed by atoms with Crippen molar-refractivity contribution in [3.63, 3.8) is 0 Å². The Hall–Kier alpha value is -0.180. The molecule has 17 heavy (non-hydrogen) atoms. The number of hydrogen-bond acceptors (Lipinski definition) is 2. The van der Waals surface area contributed by atoms with Gasteiger partial charge in [-0.3, -0.25) is 0 Å². The Morgan fingerprint density at radius 2 is 2.29 bits per heavy atom. The lowest BCUT2D eigenvalue weighted by atomic mass is 9.81. The second-order valence-electron chi connectivity index (χ2n) is 4.79. The third-order valence-electron chi connectivity index (χ3n) is 3.50. The van der Waals surface area contributed by atoms with Crippen LogP contribution in [0.25, 0.3) is 0 Å². The summed E-state index contributed by atoms with van der Waals surface area (Å²) in [6, 6.07) is 8.75. The average molecular weight is 270 g/mol. The Bertz CT molecular complexity index is 352. The summed E-state index contributed by atoms with van der Waals surface area (Å²) in [4.78, 5) is 1.27. The summed E-state index contributed by atoms with van der Waals surface area (Å²) >= 11 is 7.88. The van der Waals surface area contributed by atoms with Gasteiger partial charge >= 0.3 is 0 Å². The molecule has 0 heterocycles. The van der Waals surface area contributed by atoms with Gasteiger partial charge in [-0.1, -0.05) is 36.9 Å². The zero-order chi connectivity index (χ0) is 12.1. The van der Waals surface area contributed by atoms with E-state index in [2.05, 4.69) is 18.4 Å². The van der Waals surface area contributed by atoms with Crippen LogP contribution in [0.15, 0.2) is 29.2 Å². The first-order chi connectivity index (χ1) is 8.28. The van der Waals surface area contributed by atoms with Crippen molar-refractivity contribution in [3.05, 3.63) is 29.3 Å². The highest BCUT2D eigenvalue weighted by atomic mass is 35.5. The van der Waals surface area contributed by atoms with Gasteiger partial charge in [0, 0.05) is 21.7 Å². The predicted molar refractivity (Wildman–Crippen MR) is 77.0 cm³/mol. The molecule has 0 bridgehead atoms. The van der Waals surface area contributed by atoms with Gasteiger partial charge in [0.25, 0.3) is 0 Å². The van der Waals surface area contributed by atoms with Gasteiger partial charge in [0.1, 0.15) is 0 Å². The van der Waals surface area contributed by atoms with E-state index in [0.29, 0.717) is 6.04 Å². The summed E-state index contributed by atoms with van der Waals surface area (Å²) in [5, 5.41) is 4.26. The first kappa shape index (κ1) is 13.3. The minimum absolute atomic E-state index is 0.629. The Kier molecular flexibility index (Phi) is 5.20. The molecule has 0 aliphatic heterocycles. The summed E-state index contributed by atoms with van der Waals surface area (Å²) < 4.78 is 0. The molecule has 1 unspecified atom stereocenters. The van der Waals surface area contributed by atoms with Gasteiger partial charge in [0.2, 0.25) is 0 Å². The molecule has 1 nitrogen and oxygen atoms in total. The Balaban J connectivity index is 1.78. The topological polar surface area (TPSA) is 12.0 Å². The van der Waals surface area contributed by atoms with Crippen LogP contribution in [0.2, 0.25) is 5.02 Å². The molecule has 1 aliphatic carbocycles. The molecular formula is C14H20ClNS. The van der Waals surface area contributed by atoms with Crippen molar-refractivity contribution in [1.29, 1.82) is 0 Å². The highest BCUT2D eigenvalue weighted by Crippen LogP contribution is 2.32. The van der Waals surface area contributed by atoms with E-state index in [9.17, 15) is 0 Å². The van der Waals surface area contributed by atoms with E-state index < -0.39 is 0 Å². The molecule has 94 valence electrons. The molecule has 1 aliphatic rings. The molecule has 3 heteroatoms. The summed E-state index contributed by atoms with van der Waals surface area (Å²) in [6.45, 7) is 0. The second kappa shape index (κ2) is 6.67. The number of thioether (sulfide) groups is 1. The second-order valence-corrected chi connectivity index (χ2v) is 6.32. The van der Waals surface area contributed by atoms with E-state index >= 15 is 0 Å². The standard InChI is InChI=1S/C14H20ClNS/c1-16-13(8-11-4-2-5-11)10-17-14-7-3-6-12(15)9-14/h3,6-7,9,11,13,16H,2,4-5,8,10H2,1H3. The van der Waals surface area contributed by atoms with Crippen LogP contribution in [0.4, 0.5) is 0 Å². The van der Waals surface area contributed by atoms with Crippen molar-refractivity contribution in [2.24, 2.45) is 5.92 Å². The molecule has 0 saturated heterocycles. The van der Waals surface area contributed by atoms with Crippen LogP contribution in [-0.4, -0.2) is 18.8 Å². The summed E-state index contributed by atoms with van der Waals surface area (Å²) in [5.41, 5.74) is 0. The van der Waals surface area contributed by atoms with Crippen molar-refractivity contribution in [1.82, 2.24) is 5.32 Å². The van der Waals surface area contributed by atoms with Crippen LogP contribution >= 0.6 is 23.4 Å². The van der Waals surface area contributed by atoms with Crippen LogP contribution in [0, 0.1) is 5.92 Å². The first-order valence-electron chi connectivity index (χ1n) is 6.33. The van der Waals surface area contributed by atoms with Gasteiger partial charge in [-0.15, -0.1) is 11.8 Å².